The van der Waals surface area contributed by atoms with E-state index in [1.165, 1.54) is 0 Å². The molecule has 100 valence electrons. The van der Waals surface area contributed by atoms with Crippen LogP contribution in [0.5, 0.6) is 5.75 Å². The molecule has 0 heterocycles. The maximum Gasteiger partial charge on any atom is 0.248 e. The highest BCUT2D eigenvalue weighted by Crippen LogP contribution is 2.26. The first-order chi connectivity index (χ1) is 8.62. The van der Waals surface area contributed by atoms with Crippen LogP contribution in [0.15, 0.2) is 18.2 Å². The van der Waals surface area contributed by atoms with E-state index in [0.717, 1.165) is 12.1 Å². The van der Waals surface area contributed by atoms with Crippen LogP contribution < -0.4 is 15.8 Å². The van der Waals surface area contributed by atoms with E-state index in [0.29, 0.717) is 17.9 Å². The van der Waals surface area contributed by atoms with Crippen molar-refractivity contribution in [3.05, 3.63) is 23.8 Å². The zero-order valence-corrected chi connectivity index (χ0v) is 11.0. The summed E-state index contributed by atoms with van der Waals surface area (Å²) < 4.78 is 10.4. The lowest BCUT2D eigenvalue weighted by atomic mass is 10.1. The van der Waals surface area contributed by atoms with Crippen molar-refractivity contribution in [3.63, 3.8) is 0 Å². The standard InChI is InChI=1S/C13H20N2O3/c1-4-10(8-17-2)15-11-7-9(13(14)16)5-6-12(11)18-3/h5-7,10,15H,4,8H2,1-3H3,(H2,14,16). The summed E-state index contributed by atoms with van der Waals surface area (Å²) >= 11 is 0. The average molecular weight is 252 g/mol. The summed E-state index contributed by atoms with van der Waals surface area (Å²) in [7, 11) is 3.24. The Bertz CT molecular complexity index is 407. The summed E-state index contributed by atoms with van der Waals surface area (Å²) in [6.45, 7) is 2.64. The van der Waals surface area contributed by atoms with Gasteiger partial charge in [0.15, 0.2) is 0 Å². The van der Waals surface area contributed by atoms with Gasteiger partial charge in [-0.05, 0) is 24.6 Å². The van der Waals surface area contributed by atoms with Crippen molar-refractivity contribution in [2.45, 2.75) is 19.4 Å². The summed E-state index contributed by atoms with van der Waals surface area (Å²) in [5.41, 5.74) is 6.46. The zero-order chi connectivity index (χ0) is 13.5. The van der Waals surface area contributed by atoms with E-state index in [4.69, 9.17) is 15.2 Å². The molecule has 1 aromatic rings. The van der Waals surface area contributed by atoms with Gasteiger partial charge in [-0.15, -0.1) is 0 Å². The molecule has 1 rings (SSSR count). The maximum absolute atomic E-state index is 11.2. The molecular formula is C13H20N2O3. The Balaban J connectivity index is 2.96. The minimum Gasteiger partial charge on any atom is -0.495 e. The van der Waals surface area contributed by atoms with Gasteiger partial charge in [-0.25, -0.2) is 0 Å². The molecule has 18 heavy (non-hydrogen) atoms. The van der Waals surface area contributed by atoms with Gasteiger partial charge in [0.05, 0.1) is 19.4 Å². The lowest BCUT2D eigenvalue weighted by Gasteiger charge is -2.19. The number of benzene rings is 1. The Morgan fingerprint density at radius 2 is 2.17 bits per heavy atom. The lowest BCUT2D eigenvalue weighted by molar-refractivity contribution is 0.100. The van der Waals surface area contributed by atoms with Gasteiger partial charge in [0, 0.05) is 18.7 Å². The Labute approximate surface area is 107 Å². The van der Waals surface area contributed by atoms with Crippen molar-refractivity contribution in [2.24, 2.45) is 5.73 Å². The fraction of sp³-hybridized carbons (Fsp3) is 0.462. The number of amides is 1. The van der Waals surface area contributed by atoms with Crippen LogP contribution in [0.1, 0.15) is 23.7 Å². The van der Waals surface area contributed by atoms with Crippen molar-refractivity contribution < 1.29 is 14.3 Å². The molecule has 5 heteroatoms. The summed E-state index contributed by atoms with van der Waals surface area (Å²) in [5.74, 6) is 0.218. The third-order valence-electron chi connectivity index (χ3n) is 2.70. The highest BCUT2D eigenvalue weighted by atomic mass is 16.5. The van der Waals surface area contributed by atoms with E-state index < -0.39 is 5.91 Å². The molecule has 0 spiro atoms. The van der Waals surface area contributed by atoms with Gasteiger partial charge in [0.1, 0.15) is 5.75 Å². The van der Waals surface area contributed by atoms with E-state index in [2.05, 4.69) is 12.2 Å². The SMILES string of the molecule is CCC(COC)Nc1cc(C(N)=O)ccc1OC. The highest BCUT2D eigenvalue weighted by molar-refractivity contribution is 5.94. The molecule has 0 radical (unpaired) electrons. The first-order valence-corrected chi connectivity index (χ1v) is 5.85. The first kappa shape index (κ1) is 14.3. The number of anilines is 1. The molecule has 0 aliphatic carbocycles. The van der Waals surface area contributed by atoms with Crippen LogP contribution in [0.4, 0.5) is 5.69 Å². The van der Waals surface area contributed by atoms with Gasteiger partial charge in [-0.3, -0.25) is 4.79 Å². The molecule has 1 aromatic carbocycles. The Morgan fingerprint density at radius 3 is 2.67 bits per heavy atom. The molecule has 3 N–H and O–H groups in total. The van der Waals surface area contributed by atoms with Gasteiger partial charge >= 0.3 is 0 Å². The quantitative estimate of drug-likeness (QED) is 0.773. The number of hydrogen-bond acceptors (Lipinski definition) is 4. The Hall–Kier alpha value is -1.75. The second-order valence-corrected chi connectivity index (χ2v) is 3.98. The molecule has 0 bridgehead atoms. The predicted molar refractivity (Wildman–Crippen MR) is 71.1 cm³/mol. The molecule has 0 aliphatic heterocycles. The van der Waals surface area contributed by atoms with Crippen molar-refractivity contribution in [1.82, 2.24) is 0 Å². The molecule has 1 amide bonds. The van der Waals surface area contributed by atoms with E-state index in [1.807, 2.05) is 0 Å². The van der Waals surface area contributed by atoms with E-state index in [9.17, 15) is 4.79 Å². The van der Waals surface area contributed by atoms with Crippen LogP contribution in [0.25, 0.3) is 0 Å². The number of rotatable bonds is 7. The number of methoxy groups -OCH3 is 2. The number of carbonyl (C=O) groups excluding carboxylic acids is 1. The largest absolute Gasteiger partial charge is 0.495 e. The molecule has 1 unspecified atom stereocenters. The van der Waals surface area contributed by atoms with Crippen LogP contribution in [-0.2, 0) is 4.74 Å². The molecule has 0 fully saturated rings. The lowest BCUT2D eigenvalue weighted by Crippen LogP contribution is -2.24. The topological polar surface area (TPSA) is 73.6 Å². The fourth-order valence-corrected chi connectivity index (χ4v) is 1.66. The van der Waals surface area contributed by atoms with E-state index in [-0.39, 0.29) is 6.04 Å². The molecule has 0 aliphatic rings. The van der Waals surface area contributed by atoms with Crippen molar-refractivity contribution in [3.8, 4) is 5.75 Å². The van der Waals surface area contributed by atoms with Crippen LogP contribution in [0.3, 0.4) is 0 Å². The van der Waals surface area contributed by atoms with Crippen molar-refractivity contribution >= 4 is 11.6 Å². The minimum absolute atomic E-state index is 0.159. The molecular weight excluding hydrogens is 232 g/mol. The molecule has 0 saturated carbocycles. The zero-order valence-electron chi connectivity index (χ0n) is 11.0. The molecule has 5 nitrogen and oxygen atoms in total. The predicted octanol–water partition coefficient (Wildman–Crippen LogP) is 1.63. The molecule has 1 atom stereocenters. The van der Waals surface area contributed by atoms with Crippen molar-refractivity contribution in [2.75, 3.05) is 26.1 Å². The first-order valence-electron chi connectivity index (χ1n) is 5.85. The smallest absolute Gasteiger partial charge is 0.248 e. The summed E-state index contributed by atoms with van der Waals surface area (Å²) in [5, 5.41) is 3.29. The van der Waals surface area contributed by atoms with Crippen LogP contribution in [-0.4, -0.2) is 32.8 Å². The Kier molecular flexibility index (Phi) is 5.45. The second-order valence-electron chi connectivity index (χ2n) is 3.98. The van der Waals surface area contributed by atoms with E-state index >= 15 is 0 Å². The van der Waals surface area contributed by atoms with Gasteiger partial charge in [0.25, 0.3) is 0 Å². The average Bonchev–Trinajstić information content (AvgIpc) is 2.37. The highest BCUT2D eigenvalue weighted by Gasteiger charge is 2.11. The number of carbonyl (C=O) groups is 1. The third-order valence-corrected chi connectivity index (χ3v) is 2.70. The number of primary amides is 1. The van der Waals surface area contributed by atoms with E-state index in [1.54, 1.807) is 32.4 Å². The number of ether oxygens (including phenoxy) is 2. The normalized spacial score (nSPS) is 11.9. The van der Waals surface area contributed by atoms with Gasteiger partial charge < -0.3 is 20.5 Å². The maximum atomic E-state index is 11.2. The molecule has 0 saturated heterocycles. The van der Waals surface area contributed by atoms with Gasteiger partial charge in [-0.1, -0.05) is 6.92 Å². The number of hydrogen-bond donors (Lipinski definition) is 2. The minimum atomic E-state index is -0.458. The monoisotopic (exact) mass is 252 g/mol. The second kappa shape index (κ2) is 6.86. The van der Waals surface area contributed by atoms with Crippen LogP contribution in [0.2, 0.25) is 0 Å². The van der Waals surface area contributed by atoms with Gasteiger partial charge in [-0.2, -0.15) is 0 Å². The third kappa shape index (κ3) is 3.63. The summed E-state index contributed by atoms with van der Waals surface area (Å²) in [6.07, 6.45) is 0.901. The summed E-state index contributed by atoms with van der Waals surface area (Å²) in [6, 6.07) is 5.22. The molecule has 0 aromatic heterocycles. The van der Waals surface area contributed by atoms with Crippen molar-refractivity contribution in [1.29, 1.82) is 0 Å². The Morgan fingerprint density at radius 1 is 1.44 bits per heavy atom. The number of nitrogens with one attached hydrogen (secondary N) is 1. The number of nitrogens with two attached hydrogens (primary N) is 1. The van der Waals surface area contributed by atoms with Crippen LogP contribution in [0, 0.1) is 0 Å². The fourth-order valence-electron chi connectivity index (χ4n) is 1.66. The summed E-state index contributed by atoms with van der Waals surface area (Å²) in [4.78, 5) is 11.2. The van der Waals surface area contributed by atoms with Gasteiger partial charge in [0.2, 0.25) is 5.91 Å². The van der Waals surface area contributed by atoms with Crippen LogP contribution >= 0.6 is 0 Å².